The Labute approximate surface area is 135 Å². The maximum atomic E-state index is 8.95. The van der Waals surface area contributed by atoms with E-state index in [1.165, 1.54) is 0 Å². The van der Waals surface area contributed by atoms with Gasteiger partial charge in [-0.25, -0.2) is 0 Å². The predicted molar refractivity (Wildman–Crippen MR) is 88.3 cm³/mol. The summed E-state index contributed by atoms with van der Waals surface area (Å²) in [6.07, 6.45) is 2.13. The van der Waals surface area contributed by atoms with E-state index in [-0.39, 0.29) is 5.41 Å². The molecular formula is C15H23N3OS2. The van der Waals surface area contributed by atoms with Crippen molar-refractivity contribution >= 4 is 23.5 Å². The van der Waals surface area contributed by atoms with Crippen molar-refractivity contribution < 1.29 is 4.52 Å². The van der Waals surface area contributed by atoms with Gasteiger partial charge in [0.05, 0.1) is 11.3 Å². The molecule has 0 aromatic carbocycles. The average molecular weight is 326 g/mol. The highest BCUT2D eigenvalue weighted by molar-refractivity contribution is 8.07. The van der Waals surface area contributed by atoms with Crippen LogP contribution in [-0.2, 0) is 6.42 Å². The van der Waals surface area contributed by atoms with Gasteiger partial charge in [-0.3, -0.25) is 0 Å². The first-order chi connectivity index (χ1) is 9.97. The summed E-state index contributed by atoms with van der Waals surface area (Å²) < 4.78 is 5.43. The van der Waals surface area contributed by atoms with Gasteiger partial charge in [0.15, 0.2) is 5.82 Å². The van der Waals surface area contributed by atoms with Crippen LogP contribution in [0.1, 0.15) is 57.5 Å². The average Bonchev–Trinajstić information content (AvgIpc) is 2.90. The van der Waals surface area contributed by atoms with Crippen LogP contribution >= 0.6 is 23.5 Å². The van der Waals surface area contributed by atoms with Crippen molar-refractivity contribution in [2.75, 3.05) is 5.75 Å². The standard InChI is InChI=1S/C15H23N3OS2/c1-5-15(4,6-7-16)8-13-17-14(18-19-13)12-9-20-10(2)11(3)21-12/h10-12H,5-6,8-9H2,1-4H3. The van der Waals surface area contributed by atoms with Crippen LogP contribution < -0.4 is 0 Å². The van der Waals surface area contributed by atoms with E-state index in [9.17, 15) is 0 Å². The molecule has 21 heavy (non-hydrogen) atoms. The van der Waals surface area contributed by atoms with Crippen molar-refractivity contribution in [3.8, 4) is 6.07 Å². The molecule has 4 unspecified atom stereocenters. The Morgan fingerprint density at radius 3 is 2.81 bits per heavy atom. The quantitative estimate of drug-likeness (QED) is 0.807. The molecule has 6 heteroatoms. The third-order valence-electron chi connectivity index (χ3n) is 4.26. The number of nitriles is 1. The predicted octanol–water partition coefficient (Wildman–Crippen LogP) is 4.24. The summed E-state index contributed by atoms with van der Waals surface area (Å²) in [7, 11) is 0. The normalized spacial score (nSPS) is 28.8. The van der Waals surface area contributed by atoms with Crippen LogP contribution in [0.3, 0.4) is 0 Å². The number of rotatable bonds is 5. The van der Waals surface area contributed by atoms with Crippen molar-refractivity contribution in [1.29, 1.82) is 5.26 Å². The topological polar surface area (TPSA) is 62.7 Å². The number of hydrogen-bond donors (Lipinski definition) is 0. The Bertz CT molecular complexity index is 513. The molecule has 4 atom stereocenters. The van der Waals surface area contributed by atoms with Crippen LogP contribution in [0.15, 0.2) is 4.52 Å². The van der Waals surface area contributed by atoms with E-state index in [1.54, 1.807) is 0 Å². The number of aromatic nitrogens is 2. The molecule has 0 aliphatic carbocycles. The Morgan fingerprint density at radius 2 is 2.19 bits per heavy atom. The van der Waals surface area contributed by atoms with E-state index >= 15 is 0 Å². The molecule has 1 aromatic heterocycles. The van der Waals surface area contributed by atoms with Gasteiger partial charge < -0.3 is 4.52 Å². The molecular weight excluding hydrogens is 302 g/mol. The number of hydrogen-bond acceptors (Lipinski definition) is 6. The minimum absolute atomic E-state index is 0.0746. The lowest BCUT2D eigenvalue weighted by Crippen LogP contribution is -2.22. The van der Waals surface area contributed by atoms with Gasteiger partial charge in [0.25, 0.3) is 0 Å². The van der Waals surface area contributed by atoms with Crippen molar-refractivity contribution in [3.63, 3.8) is 0 Å². The minimum atomic E-state index is -0.0746. The second-order valence-electron chi connectivity index (χ2n) is 6.09. The maximum Gasteiger partial charge on any atom is 0.227 e. The van der Waals surface area contributed by atoms with Crippen LogP contribution in [0.5, 0.6) is 0 Å². The Kier molecular flexibility index (Phi) is 5.61. The van der Waals surface area contributed by atoms with Gasteiger partial charge in [-0.05, 0) is 11.8 Å². The van der Waals surface area contributed by atoms with Gasteiger partial charge in [0.2, 0.25) is 5.89 Å². The highest BCUT2D eigenvalue weighted by Gasteiger charge is 2.31. The molecule has 1 saturated heterocycles. The molecule has 1 aliphatic heterocycles. The van der Waals surface area contributed by atoms with Crippen LogP contribution in [0.25, 0.3) is 0 Å². The molecule has 0 spiro atoms. The fourth-order valence-corrected chi connectivity index (χ4v) is 5.09. The van der Waals surface area contributed by atoms with E-state index in [4.69, 9.17) is 9.78 Å². The van der Waals surface area contributed by atoms with Gasteiger partial charge in [0, 0.05) is 29.1 Å². The second-order valence-corrected chi connectivity index (χ2v) is 9.09. The van der Waals surface area contributed by atoms with Crippen molar-refractivity contribution in [3.05, 3.63) is 11.7 Å². The molecule has 0 bridgehead atoms. The monoisotopic (exact) mass is 325 g/mol. The van der Waals surface area contributed by atoms with Crippen LogP contribution in [0.4, 0.5) is 0 Å². The summed E-state index contributed by atoms with van der Waals surface area (Å²) in [4.78, 5) is 4.59. The summed E-state index contributed by atoms with van der Waals surface area (Å²) in [5.41, 5.74) is -0.0746. The summed E-state index contributed by atoms with van der Waals surface area (Å²) in [6.45, 7) is 8.74. The first-order valence-electron chi connectivity index (χ1n) is 7.44. The van der Waals surface area contributed by atoms with Gasteiger partial charge in [-0.2, -0.15) is 22.0 Å². The maximum absolute atomic E-state index is 8.95. The van der Waals surface area contributed by atoms with Gasteiger partial charge in [-0.15, -0.1) is 11.8 Å². The van der Waals surface area contributed by atoms with Crippen LogP contribution in [0, 0.1) is 16.7 Å². The Balaban J connectivity index is 2.03. The lowest BCUT2D eigenvalue weighted by atomic mass is 9.81. The van der Waals surface area contributed by atoms with E-state index in [1.807, 2.05) is 23.5 Å². The zero-order valence-electron chi connectivity index (χ0n) is 13.1. The molecule has 0 N–H and O–H groups in total. The second kappa shape index (κ2) is 7.06. The molecule has 116 valence electrons. The zero-order valence-corrected chi connectivity index (χ0v) is 14.8. The highest BCUT2D eigenvalue weighted by atomic mass is 32.2. The third kappa shape index (κ3) is 4.17. The summed E-state index contributed by atoms with van der Waals surface area (Å²) >= 11 is 3.92. The Morgan fingerprint density at radius 1 is 1.43 bits per heavy atom. The Hall–Kier alpha value is -0.670. The summed E-state index contributed by atoms with van der Waals surface area (Å²) in [5, 5.41) is 14.7. The van der Waals surface area contributed by atoms with Gasteiger partial charge >= 0.3 is 0 Å². The lowest BCUT2D eigenvalue weighted by Gasteiger charge is -2.29. The molecule has 0 amide bonds. The molecule has 0 saturated carbocycles. The van der Waals surface area contributed by atoms with Crippen LogP contribution in [0.2, 0.25) is 0 Å². The fourth-order valence-electron chi connectivity index (χ4n) is 2.26. The van der Waals surface area contributed by atoms with Crippen molar-refractivity contribution in [1.82, 2.24) is 10.1 Å². The molecule has 0 radical (unpaired) electrons. The van der Waals surface area contributed by atoms with E-state index in [0.29, 0.717) is 34.5 Å². The molecule has 4 nitrogen and oxygen atoms in total. The highest BCUT2D eigenvalue weighted by Crippen LogP contribution is 2.43. The van der Waals surface area contributed by atoms with E-state index in [2.05, 4.69) is 43.9 Å². The fraction of sp³-hybridized carbons (Fsp3) is 0.800. The van der Waals surface area contributed by atoms with E-state index < -0.39 is 0 Å². The zero-order chi connectivity index (χ0) is 15.5. The van der Waals surface area contributed by atoms with Gasteiger partial charge in [0.1, 0.15) is 0 Å². The molecule has 1 aliphatic rings. The minimum Gasteiger partial charge on any atom is -0.339 e. The molecule has 1 fully saturated rings. The first kappa shape index (κ1) is 16.7. The number of thioether (sulfide) groups is 2. The summed E-state index contributed by atoms with van der Waals surface area (Å²) in [6, 6.07) is 2.26. The molecule has 2 rings (SSSR count). The number of nitrogens with zero attached hydrogens (tertiary/aromatic N) is 3. The van der Waals surface area contributed by atoms with Crippen molar-refractivity contribution in [2.24, 2.45) is 5.41 Å². The SMILES string of the molecule is CCC(C)(CC#N)Cc1nc(C2CSC(C)C(C)S2)no1. The molecule has 2 heterocycles. The third-order valence-corrected chi connectivity index (χ3v) is 7.65. The largest absolute Gasteiger partial charge is 0.339 e. The first-order valence-corrected chi connectivity index (χ1v) is 9.43. The smallest absolute Gasteiger partial charge is 0.227 e. The van der Waals surface area contributed by atoms with E-state index in [0.717, 1.165) is 18.0 Å². The van der Waals surface area contributed by atoms with Crippen LogP contribution in [-0.4, -0.2) is 26.4 Å². The molecule has 1 aromatic rings. The summed E-state index contributed by atoms with van der Waals surface area (Å²) in [5.74, 6) is 2.52. The lowest BCUT2D eigenvalue weighted by molar-refractivity contribution is 0.265. The van der Waals surface area contributed by atoms with Gasteiger partial charge in [-0.1, -0.05) is 32.9 Å². The van der Waals surface area contributed by atoms with Crippen molar-refractivity contribution in [2.45, 2.75) is 62.7 Å².